The van der Waals surface area contributed by atoms with E-state index in [1.165, 1.54) is 36.0 Å². The van der Waals surface area contributed by atoms with Crippen LogP contribution in [-0.4, -0.2) is 7.11 Å². The maximum absolute atomic E-state index is 6.71. The summed E-state index contributed by atoms with van der Waals surface area (Å²) in [7, 11) is 1.76. The van der Waals surface area contributed by atoms with Crippen LogP contribution < -0.4 is 10.5 Å². The first-order valence-electron chi connectivity index (χ1n) is 7.76. The summed E-state index contributed by atoms with van der Waals surface area (Å²) in [5, 5.41) is 0. The van der Waals surface area contributed by atoms with Crippen molar-refractivity contribution >= 4 is 0 Å². The van der Waals surface area contributed by atoms with Crippen molar-refractivity contribution in [2.24, 2.45) is 5.73 Å². The second-order valence-electron chi connectivity index (χ2n) is 7.33. The second kappa shape index (κ2) is 5.40. The Kier molecular flexibility index (Phi) is 4.15. The molecule has 2 N–H and O–H groups in total. The predicted octanol–water partition coefficient (Wildman–Crippen LogP) is 4.42. The number of aryl methyl sites for hydroxylation is 1. The molecule has 0 heterocycles. The zero-order valence-electron chi connectivity index (χ0n) is 13.7. The van der Waals surface area contributed by atoms with Crippen molar-refractivity contribution in [1.29, 1.82) is 0 Å². The van der Waals surface area contributed by atoms with Crippen LogP contribution in [-0.2, 0) is 11.0 Å². The molecule has 0 radical (unpaired) electrons. The molecule has 20 heavy (non-hydrogen) atoms. The molecule has 1 aromatic rings. The fourth-order valence-electron chi connectivity index (χ4n) is 3.43. The monoisotopic (exact) mass is 275 g/mol. The highest BCUT2D eigenvalue weighted by Crippen LogP contribution is 2.41. The average molecular weight is 275 g/mol. The Labute approximate surface area is 123 Å². The lowest BCUT2D eigenvalue weighted by Gasteiger charge is -2.36. The number of rotatable bonds is 2. The van der Waals surface area contributed by atoms with Gasteiger partial charge in [-0.15, -0.1) is 0 Å². The molecule has 1 aromatic carbocycles. The van der Waals surface area contributed by atoms with E-state index in [1.807, 2.05) is 0 Å². The number of nitrogens with two attached hydrogens (primary N) is 1. The Morgan fingerprint density at radius 1 is 1.10 bits per heavy atom. The average Bonchev–Trinajstić information content (AvgIpc) is 2.38. The highest BCUT2D eigenvalue weighted by atomic mass is 16.5. The summed E-state index contributed by atoms with van der Waals surface area (Å²) in [5.41, 5.74) is 10.5. The van der Waals surface area contributed by atoms with Gasteiger partial charge in [0.25, 0.3) is 0 Å². The standard InChI is InChI=1S/C18H29NO/c1-13-11-15(17(2,3)4)16(20-5)12-14(13)18(19)9-7-6-8-10-18/h11-12H,6-10,19H2,1-5H3. The Morgan fingerprint density at radius 2 is 1.70 bits per heavy atom. The third-order valence-electron chi connectivity index (χ3n) is 4.64. The number of hydrogen-bond acceptors (Lipinski definition) is 2. The van der Waals surface area contributed by atoms with E-state index in [2.05, 4.69) is 39.8 Å². The van der Waals surface area contributed by atoms with Crippen LogP contribution in [0.4, 0.5) is 0 Å². The van der Waals surface area contributed by atoms with E-state index in [1.54, 1.807) is 7.11 Å². The molecule has 112 valence electrons. The minimum atomic E-state index is -0.161. The number of hydrogen-bond donors (Lipinski definition) is 1. The third-order valence-corrected chi connectivity index (χ3v) is 4.64. The van der Waals surface area contributed by atoms with Crippen LogP contribution in [0.1, 0.15) is 69.6 Å². The zero-order chi connectivity index (χ0) is 15.0. The zero-order valence-corrected chi connectivity index (χ0v) is 13.7. The first kappa shape index (κ1) is 15.4. The molecule has 1 aliphatic carbocycles. The fourth-order valence-corrected chi connectivity index (χ4v) is 3.43. The number of benzene rings is 1. The van der Waals surface area contributed by atoms with E-state index in [4.69, 9.17) is 10.5 Å². The Hall–Kier alpha value is -1.02. The minimum Gasteiger partial charge on any atom is -0.496 e. The molecule has 0 bridgehead atoms. The number of methoxy groups -OCH3 is 1. The summed E-state index contributed by atoms with van der Waals surface area (Å²) in [6, 6.07) is 4.47. The Balaban J connectivity index is 2.50. The van der Waals surface area contributed by atoms with Gasteiger partial charge in [0.2, 0.25) is 0 Å². The summed E-state index contributed by atoms with van der Waals surface area (Å²) in [6.07, 6.45) is 5.96. The van der Waals surface area contributed by atoms with Gasteiger partial charge in [0.1, 0.15) is 5.75 Å². The lowest BCUT2D eigenvalue weighted by Crippen LogP contribution is -2.39. The van der Waals surface area contributed by atoms with E-state index in [0.717, 1.165) is 18.6 Å². The normalized spacial score (nSPS) is 18.9. The van der Waals surface area contributed by atoms with Crippen LogP contribution in [0.5, 0.6) is 5.75 Å². The van der Waals surface area contributed by atoms with Crippen molar-refractivity contribution in [1.82, 2.24) is 0 Å². The van der Waals surface area contributed by atoms with Crippen LogP contribution in [0.2, 0.25) is 0 Å². The number of ether oxygens (including phenoxy) is 1. The van der Waals surface area contributed by atoms with Gasteiger partial charge in [-0.3, -0.25) is 0 Å². The molecule has 2 rings (SSSR count). The van der Waals surface area contributed by atoms with Crippen molar-refractivity contribution in [2.45, 2.75) is 70.8 Å². The van der Waals surface area contributed by atoms with Gasteiger partial charge in [-0.2, -0.15) is 0 Å². The fraction of sp³-hybridized carbons (Fsp3) is 0.667. The van der Waals surface area contributed by atoms with Gasteiger partial charge in [0, 0.05) is 5.54 Å². The molecule has 2 nitrogen and oxygen atoms in total. The van der Waals surface area contributed by atoms with Crippen LogP contribution >= 0.6 is 0 Å². The lowest BCUT2D eigenvalue weighted by atomic mass is 9.74. The second-order valence-corrected chi connectivity index (χ2v) is 7.33. The Morgan fingerprint density at radius 3 is 2.20 bits per heavy atom. The molecular weight excluding hydrogens is 246 g/mol. The largest absolute Gasteiger partial charge is 0.496 e. The van der Waals surface area contributed by atoms with Crippen molar-refractivity contribution in [3.05, 3.63) is 28.8 Å². The van der Waals surface area contributed by atoms with Gasteiger partial charge in [-0.25, -0.2) is 0 Å². The topological polar surface area (TPSA) is 35.2 Å². The molecule has 0 amide bonds. The highest BCUT2D eigenvalue weighted by Gasteiger charge is 2.32. The van der Waals surface area contributed by atoms with Crippen LogP contribution in [0.3, 0.4) is 0 Å². The van der Waals surface area contributed by atoms with Gasteiger partial charge >= 0.3 is 0 Å². The highest BCUT2D eigenvalue weighted by molar-refractivity contribution is 5.48. The van der Waals surface area contributed by atoms with Crippen LogP contribution in [0.15, 0.2) is 12.1 Å². The minimum absolute atomic E-state index is 0.0863. The first-order valence-corrected chi connectivity index (χ1v) is 7.76. The Bertz CT molecular complexity index is 479. The molecule has 0 aliphatic heterocycles. The molecule has 0 aromatic heterocycles. The maximum Gasteiger partial charge on any atom is 0.122 e. The van der Waals surface area contributed by atoms with Crippen molar-refractivity contribution in [3.8, 4) is 5.75 Å². The van der Waals surface area contributed by atoms with Crippen LogP contribution in [0.25, 0.3) is 0 Å². The van der Waals surface area contributed by atoms with Crippen molar-refractivity contribution in [2.75, 3.05) is 7.11 Å². The maximum atomic E-state index is 6.71. The van der Waals surface area contributed by atoms with E-state index in [9.17, 15) is 0 Å². The molecule has 0 spiro atoms. The molecule has 1 fully saturated rings. The summed E-state index contributed by atoms with van der Waals surface area (Å²) in [4.78, 5) is 0. The van der Waals surface area contributed by atoms with Crippen molar-refractivity contribution < 1.29 is 4.74 Å². The third kappa shape index (κ3) is 2.85. The van der Waals surface area contributed by atoms with Gasteiger partial charge in [0.05, 0.1) is 7.11 Å². The molecule has 2 heteroatoms. The summed E-state index contributed by atoms with van der Waals surface area (Å²) in [5.74, 6) is 0.980. The summed E-state index contributed by atoms with van der Waals surface area (Å²) in [6.45, 7) is 8.86. The summed E-state index contributed by atoms with van der Waals surface area (Å²) < 4.78 is 5.65. The molecule has 1 aliphatic rings. The predicted molar refractivity (Wildman–Crippen MR) is 85.4 cm³/mol. The molecule has 0 atom stereocenters. The lowest BCUT2D eigenvalue weighted by molar-refractivity contribution is 0.299. The SMILES string of the molecule is COc1cc(C2(N)CCCCC2)c(C)cc1C(C)(C)C. The van der Waals surface area contributed by atoms with E-state index >= 15 is 0 Å². The quantitative estimate of drug-likeness (QED) is 0.867. The molecule has 0 saturated heterocycles. The van der Waals surface area contributed by atoms with Crippen LogP contribution in [0, 0.1) is 6.92 Å². The van der Waals surface area contributed by atoms with E-state index in [0.29, 0.717) is 0 Å². The van der Waals surface area contributed by atoms with Crippen molar-refractivity contribution in [3.63, 3.8) is 0 Å². The molecule has 1 saturated carbocycles. The van der Waals surface area contributed by atoms with Gasteiger partial charge in [0.15, 0.2) is 0 Å². The van der Waals surface area contributed by atoms with E-state index < -0.39 is 0 Å². The smallest absolute Gasteiger partial charge is 0.122 e. The first-order chi connectivity index (χ1) is 9.28. The summed E-state index contributed by atoms with van der Waals surface area (Å²) >= 11 is 0. The molecule has 0 unspecified atom stereocenters. The van der Waals surface area contributed by atoms with Gasteiger partial charge in [-0.1, -0.05) is 46.1 Å². The molecular formula is C18H29NO. The van der Waals surface area contributed by atoms with Gasteiger partial charge < -0.3 is 10.5 Å². The van der Waals surface area contributed by atoms with Gasteiger partial charge in [-0.05, 0) is 47.9 Å². The van der Waals surface area contributed by atoms with E-state index in [-0.39, 0.29) is 11.0 Å².